The molecular formula is C16H21IN4O3. The second kappa shape index (κ2) is 9.81. The van der Waals surface area contributed by atoms with Gasteiger partial charge in [0.25, 0.3) is 5.91 Å². The number of rotatable bonds is 6. The van der Waals surface area contributed by atoms with Gasteiger partial charge in [-0.3, -0.25) is 9.79 Å². The van der Waals surface area contributed by atoms with E-state index in [0.29, 0.717) is 24.8 Å². The number of halogens is 1. The van der Waals surface area contributed by atoms with Gasteiger partial charge in [-0.1, -0.05) is 12.1 Å². The van der Waals surface area contributed by atoms with Crippen molar-refractivity contribution in [2.75, 3.05) is 14.2 Å². The molecule has 1 aromatic carbocycles. The van der Waals surface area contributed by atoms with E-state index in [-0.39, 0.29) is 29.7 Å². The highest BCUT2D eigenvalue weighted by Gasteiger charge is 2.07. The summed E-state index contributed by atoms with van der Waals surface area (Å²) < 4.78 is 10.4. The van der Waals surface area contributed by atoms with Crippen LogP contribution in [-0.4, -0.2) is 26.0 Å². The Morgan fingerprint density at radius 2 is 1.83 bits per heavy atom. The number of nitrogens with zero attached hydrogens (tertiary/aromatic N) is 1. The average Bonchev–Trinajstić information content (AvgIpc) is 3.05. The Balaban J connectivity index is 0.00000288. The average molecular weight is 444 g/mol. The van der Waals surface area contributed by atoms with Gasteiger partial charge in [0.15, 0.2) is 11.7 Å². The Kier molecular flexibility index (Phi) is 8.10. The van der Waals surface area contributed by atoms with Gasteiger partial charge in [0, 0.05) is 13.6 Å². The van der Waals surface area contributed by atoms with Crippen molar-refractivity contribution < 1.29 is 13.9 Å². The molecular weight excluding hydrogens is 423 g/mol. The van der Waals surface area contributed by atoms with Crippen LogP contribution in [0.25, 0.3) is 0 Å². The number of carbonyl (C=O) groups excluding carboxylic acids is 1. The lowest BCUT2D eigenvalue weighted by molar-refractivity contribution is 0.0972. The quantitative estimate of drug-likeness (QED) is 0.359. The molecule has 0 spiro atoms. The molecule has 130 valence electrons. The highest BCUT2D eigenvalue weighted by molar-refractivity contribution is 14.0. The number of carbonyl (C=O) groups is 1. The molecule has 0 bridgehead atoms. The SMILES string of the molecule is CN=C(NCc1ccc(OC)cc1)NCc1ccc(C(N)=O)o1.I. The zero-order valence-corrected chi connectivity index (χ0v) is 15.9. The minimum atomic E-state index is -0.585. The molecule has 0 fully saturated rings. The molecule has 2 rings (SSSR count). The third-order valence-corrected chi connectivity index (χ3v) is 3.18. The van der Waals surface area contributed by atoms with Crippen LogP contribution in [0.1, 0.15) is 21.9 Å². The van der Waals surface area contributed by atoms with Gasteiger partial charge in [0.1, 0.15) is 11.5 Å². The Hall–Kier alpha value is -2.23. The van der Waals surface area contributed by atoms with Crippen LogP contribution in [0.2, 0.25) is 0 Å². The fourth-order valence-electron chi connectivity index (χ4n) is 1.93. The minimum absolute atomic E-state index is 0. The molecule has 0 unspecified atom stereocenters. The van der Waals surface area contributed by atoms with Gasteiger partial charge in [-0.2, -0.15) is 0 Å². The maximum atomic E-state index is 11.0. The van der Waals surface area contributed by atoms with Gasteiger partial charge < -0.3 is 25.5 Å². The Bertz CT molecular complexity index is 683. The zero-order valence-electron chi connectivity index (χ0n) is 13.5. The first-order chi connectivity index (χ1) is 11.1. The summed E-state index contributed by atoms with van der Waals surface area (Å²) in [4.78, 5) is 15.1. The van der Waals surface area contributed by atoms with Gasteiger partial charge in [-0.05, 0) is 29.8 Å². The molecule has 1 heterocycles. The monoisotopic (exact) mass is 444 g/mol. The maximum Gasteiger partial charge on any atom is 0.284 e. The van der Waals surface area contributed by atoms with E-state index in [2.05, 4.69) is 15.6 Å². The summed E-state index contributed by atoms with van der Waals surface area (Å²) in [6.07, 6.45) is 0. The second-order valence-corrected chi connectivity index (χ2v) is 4.76. The summed E-state index contributed by atoms with van der Waals surface area (Å²) in [6.45, 7) is 1.02. The number of primary amides is 1. The first-order valence-electron chi connectivity index (χ1n) is 7.08. The Morgan fingerprint density at radius 3 is 2.38 bits per heavy atom. The summed E-state index contributed by atoms with van der Waals surface area (Å²) in [6, 6.07) is 11.0. The van der Waals surface area contributed by atoms with Crippen molar-refractivity contribution in [1.82, 2.24) is 10.6 Å². The molecule has 0 aliphatic heterocycles. The van der Waals surface area contributed by atoms with Gasteiger partial charge in [0.05, 0.1) is 13.7 Å². The molecule has 0 saturated carbocycles. The van der Waals surface area contributed by atoms with Crippen LogP contribution < -0.4 is 21.1 Å². The van der Waals surface area contributed by atoms with Crippen LogP contribution in [-0.2, 0) is 13.1 Å². The van der Waals surface area contributed by atoms with Crippen molar-refractivity contribution in [3.8, 4) is 5.75 Å². The highest BCUT2D eigenvalue weighted by atomic mass is 127. The van der Waals surface area contributed by atoms with Crippen LogP contribution in [0.3, 0.4) is 0 Å². The predicted molar refractivity (Wildman–Crippen MR) is 103 cm³/mol. The fourth-order valence-corrected chi connectivity index (χ4v) is 1.93. The predicted octanol–water partition coefficient (Wildman–Crippen LogP) is 1.87. The molecule has 24 heavy (non-hydrogen) atoms. The molecule has 0 radical (unpaired) electrons. The molecule has 0 saturated heterocycles. The molecule has 0 aliphatic carbocycles. The summed E-state index contributed by atoms with van der Waals surface area (Å²) in [7, 11) is 3.32. The van der Waals surface area contributed by atoms with E-state index in [0.717, 1.165) is 11.3 Å². The van der Waals surface area contributed by atoms with Crippen LogP contribution in [0.5, 0.6) is 5.75 Å². The molecule has 4 N–H and O–H groups in total. The van der Waals surface area contributed by atoms with Crippen molar-refractivity contribution in [3.05, 3.63) is 53.5 Å². The van der Waals surface area contributed by atoms with E-state index < -0.39 is 5.91 Å². The highest BCUT2D eigenvalue weighted by Crippen LogP contribution is 2.11. The van der Waals surface area contributed by atoms with Crippen molar-refractivity contribution in [1.29, 1.82) is 0 Å². The third kappa shape index (κ3) is 5.76. The Morgan fingerprint density at radius 1 is 1.17 bits per heavy atom. The molecule has 0 aliphatic rings. The summed E-state index contributed by atoms with van der Waals surface area (Å²) in [5.74, 6) is 1.60. The topological polar surface area (TPSA) is 102 Å². The molecule has 0 atom stereocenters. The maximum absolute atomic E-state index is 11.0. The third-order valence-electron chi connectivity index (χ3n) is 3.18. The number of furan rings is 1. The molecule has 1 amide bonds. The largest absolute Gasteiger partial charge is 0.497 e. The number of hydrogen-bond acceptors (Lipinski definition) is 4. The summed E-state index contributed by atoms with van der Waals surface area (Å²) in [5, 5.41) is 6.29. The van der Waals surface area contributed by atoms with Crippen molar-refractivity contribution in [2.24, 2.45) is 10.7 Å². The lowest BCUT2D eigenvalue weighted by Crippen LogP contribution is -2.36. The number of hydrogen-bond donors (Lipinski definition) is 3. The van der Waals surface area contributed by atoms with E-state index in [1.54, 1.807) is 26.3 Å². The number of benzene rings is 1. The standard InChI is InChI=1S/C16H20N4O3.HI/c1-18-16(19-9-11-3-5-12(22-2)6-4-11)20-10-13-7-8-14(23-13)15(17)21;/h3-8H,9-10H2,1-2H3,(H2,17,21)(H2,18,19,20);1H. The number of amides is 1. The number of methoxy groups -OCH3 is 1. The Labute approximate surface area is 157 Å². The number of nitrogens with two attached hydrogens (primary N) is 1. The van der Waals surface area contributed by atoms with Gasteiger partial charge in [-0.15, -0.1) is 24.0 Å². The van der Waals surface area contributed by atoms with Crippen LogP contribution in [0, 0.1) is 0 Å². The van der Waals surface area contributed by atoms with E-state index in [1.807, 2.05) is 24.3 Å². The van der Waals surface area contributed by atoms with E-state index in [9.17, 15) is 4.79 Å². The van der Waals surface area contributed by atoms with Crippen LogP contribution in [0.15, 0.2) is 45.8 Å². The summed E-state index contributed by atoms with van der Waals surface area (Å²) >= 11 is 0. The first kappa shape index (κ1) is 19.8. The summed E-state index contributed by atoms with van der Waals surface area (Å²) in [5.41, 5.74) is 6.24. The number of guanidine groups is 1. The van der Waals surface area contributed by atoms with Gasteiger partial charge in [-0.25, -0.2) is 0 Å². The number of aliphatic imine (C=N–C) groups is 1. The normalized spacial score (nSPS) is 10.7. The number of ether oxygens (including phenoxy) is 1. The molecule has 7 nitrogen and oxygen atoms in total. The lowest BCUT2D eigenvalue weighted by atomic mass is 10.2. The van der Waals surface area contributed by atoms with E-state index >= 15 is 0 Å². The molecule has 8 heteroatoms. The van der Waals surface area contributed by atoms with Crippen molar-refractivity contribution in [3.63, 3.8) is 0 Å². The van der Waals surface area contributed by atoms with Crippen molar-refractivity contribution >= 4 is 35.8 Å². The minimum Gasteiger partial charge on any atom is -0.497 e. The fraction of sp³-hybridized carbons (Fsp3) is 0.250. The molecule has 1 aromatic heterocycles. The van der Waals surface area contributed by atoms with Gasteiger partial charge >= 0.3 is 0 Å². The second-order valence-electron chi connectivity index (χ2n) is 4.76. The van der Waals surface area contributed by atoms with Crippen LogP contribution >= 0.6 is 24.0 Å². The zero-order chi connectivity index (χ0) is 16.7. The first-order valence-corrected chi connectivity index (χ1v) is 7.08. The van der Waals surface area contributed by atoms with Crippen LogP contribution in [0.4, 0.5) is 0 Å². The van der Waals surface area contributed by atoms with E-state index in [1.165, 1.54) is 0 Å². The smallest absolute Gasteiger partial charge is 0.284 e. The molecule has 2 aromatic rings. The lowest BCUT2D eigenvalue weighted by Gasteiger charge is -2.11. The van der Waals surface area contributed by atoms with E-state index in [4.69, 9.17) is 14.9 Å². The number of nitrogens with one attached hydrogen (secondary N) is 2. The van der Waals surface area contributed by atoms with Crippen molar-refractivity contribution in [2.45, 2.75) is 13.1 Å². The van der Waals surface area contributed by atoms with Gasteiger partial charge in [0.2, 0.25) is 0 Å².